The molecule has 0 amide bonds. The molecule has 146 valence electrons. The number of aromatic nitrogens is 2. The van der Waals surface area contributed by atoms with E-state index in [2.05, 4.69) is 16.0 Å². The minimum atomic E-state index is -1.22. The number of nitrogens with two attached hydrogens (primary N) is 1. The summed E-state index contributed by atoms with van der Waals surface area (Å²) < 4.78 is 41.1. The minimum absolute atomic E-state index is 0.0558. The summed E-state index contributed by atoms with van der Waals surface area (Å²) in [5.41, 5.74) is 8.26. The van der Waals surface area contributed by atoms with Crippen molar-refractivity contribution < 1.29 is 13.2 Å². The molecule has 3 aromatic rings. The Morgan fingerprint density at radius 2 is 1.69 bits per heavy atom. The van der Waals surface area contributed by atoms with Crippen LogP contribution in [0.15, 0.2) is 48.8 Å². The second kappa shape index (κ2) is 7.53. The number of anilines is 1. The topological polar surface area (TPSA) is 78.8 Å². The Kier molecular flexibility index (Phi) is 4.91. The molecule has 0 radical (unpaired) electrons. The van der Waals surface area contributed by atoms with Crippen molar-refractivity contribution in [1.82, 2.24) is 9.97 Å². The van der Waals surface area contributed by atoms with E-state index in [-0.39, 0.29) is 5.56 Å². The molecule has 1 fully saturated rings. The van der Waals surface area contributed by atoms with Gasteiger partial charge in [-0.15, -0.1) is 0 Å². The zero-order valence-electron chi connectivity index (χ0n) is 15.2. The number of benzene rings is 2. The predicted molar refractivity (Wildman–Crippen MR) is 101 cm³/mol. The number of nitriles is 1. The van der Waals surface area contributed by atoms with Crippen LogP contribution in [-0.2, 0) is 0 Å². The molecule has 1 saturated heterocycles. The molecule has 0 unspecified atom stereocenters. The fourth-order valence-corrected chi connectivity index (χ4v) is 3.56. The monoisotopic (exact) mass is 395 g/mol. The summed E-state index contributed by atoms with van der Waals surface area (Å²) in [6.45, 7) is 0.694. The molecule has 0 aliphatic carbocycles. The molecule has 2 atom stereocenters. The Bertz CT molecular complexity index is 1090. The first-order valence-corrected chi connectivity index (χ1v) is 8.94. The maximum absolute atomic E-state index is 14.2. The number of rotatable bonds is 3. The van der Waals surface area contributed by atoms with E-state index in [0.717, 1.165) is 11.6 Å². The average molecular weight is 395 g/mol. The quantitative estimate of drug-likeness (QED) is 0.688. The maximum Gasteiger partial charge on any atom is 0.161 e. The van der Waals surface area contributed by atoms with Gasteiger partial charge in [0.15, 0.2) is 11.6 Å². The van der Waals surface area contributed by atoms with Crippen LogP contribution in [0.2, 0.25) is 0 Å². The lowest BCUT2D eigenvalue weighted by molar-refractivity contribution is 0.482. The number of halogens is 3. The normalized spacial score (nSPS) is 18.7. The summed E-state index contributed by atoms with van der Waals surface area (Å²) in [4.78, 5) is 10.4. The van der Waals surface area contributed by atoms with E-state index in [9.17, 15) is 13.2 Å². The lowest BCUT2D eigenvalue weighted by Gasteiger charge is -2.18. The van der Waals surface area contributed by atoms with Gasteiger partial charge in [0.1, 0.15) is 18.0 Å². The smallest absolute Gasteiger partial charge is 0.161 e. The Labute approximate surface area is 165 Å². The molecule has 2 heterocycles. The van der Waals surface area contributed by atoms with Crippen molar-refractivity contribution in [2.24, 2.45) is 5.73 Å². The highest BCUT2D eigenvalue weighted by Crippen LogP contribution is 2.32. The fourth-order valence-electron chi connectivity index (χ4n) is 3.56. The molecular formula is C21H16F3N5. The molecule has 1 aliphatic heterocycles. The van der Waals surface area contributed by atoms with Gasteiger partial charge in [-0.1, -0.05) is 12.1 Å². The maximum atomic E-state index is 14.2. The molecule has 0 saturated carbocycles. The zero-order valence-corrected chi connectivity index (χ0v) is 15.2. The largest absolute Gasteiger partial charge is 0.354 e. The van der Waals surface area contributed by atoms with Crippen LogP contribution < -0.4 is 10.6 Å². The van der Waals surface area contributed by atoms with Crippen molar-refractivity contribution in [3.05, 3.63) is 77.4 Å². The molecule has 1 aliphatic rings. The van der Waals surface area contributed by atoms with Crippen molar-refractivity contribution in [2.75, 3.05) is 18.0 Å². The lowest BCUT2D eigenvalue weighted by atomic mass is 9.94. The number of nitrogens with zero attached hydrogens (tertiary/aromatic N) is 4. The summed E-state index contributed by atoms with van der Waals surface area (Å²) in [6, 6.07) is 11.8. The molecule has 29 heavy (non-hydrogen) atoms. The number of hydrogen-bond acceptors (Lipinski definition) is 5. The van der Waals surface area contributed by atoms with Crippen LogP contribution in [0, 0.1) is 28.8 Å². The standard InChI is InChI=1S/C21H16F3N5/c22-16-6-18(24)17(23)5-14(16)15-9-29(10-19(15)26)21-7-20(27-11-28-21)13-3-1-12(8-25)2-4-13/h1-7,11,15,19H,9-10,26H2/t15-,19+/m1/s1. The van der Waals surface area contributed by atoms with Gasteiger partial charge in [0, 0.05) is 42.7 Å². The highest BCUT2D eigenvalue weighted by Gasteiger charge is 2.34. The second-order valence-corrected chi connectivity index (χ2v) is 6.91. The van der Waals surface area contributed by atoms with E-state index >= 15 is 0 Å². The molecular weight excluding hydrogens is 379 g/mol. The van der Waals surface area contributed by atoms with E-state index in [1.54, 1.807) is 30.3 Å². The van der Waals surface area contributed by atoms with Gasteiger partial charge in [-0.05, 0) is 23.8 Å². The summed E-state index contributed by atoms with van der Waals surface area (Å²) in [7, 11) is 0. The van der Waals surface area contributed by atoms with E-state index < -0.39 is 29.4 Å². The van der Waals surface area contributed by atoms with E-state index in [1.165, 1.54) is 6.33 Å². The lowest BCUT2D eigenvalue weighted by Crippen LogP contribution is -2.29. The summed E-state index contributed by atoms with van der Waals surface area (Å²) in [5, 5.41) is 8.92. The van der Waals surface area contributed by atoms with Crippen molar-refractivity contribution >= 4 is 5.82 Å². The molecule has 8 heteroatoms. The van der Waals surface area contributed by atoms with E-state index in [4.69, 9.17) is 11.0 Å². The van der Waals surface area contributed by atoms with Gasteiger partial charge < -0.3 is 10.6 Å². The van der Waals surface area contributed by atoms with Gasteiger partial charge in [0.05, 0.1) is 17.3 Å². The number of hydrogen-bond donors (Lipinski definition) is 1. The third kappa shape index (κ3) is 3.65. The predicted octanol–water partition coefficient (Wildman–Crippen LogP) is 3.36. The first-order chi connectivity index (χ1) is 14.0. The van der Waals surface area contributed by atoms with Gasteiger partial charge in [-0.25, -0.2) is 23.1 Å². The Morgan fingerprint density at radius 1 is 0.966 bits per heavy atom. The van der Waals surface area contributed by atoms with Crippen molar-refractivity contribution in [3.8, 4) is 17.3 Å². The summed E-state index contributed by atoms with van der Waals surface area (Å²) in [5.74, 6) is -3.04. The third-order valence-electron chi connectivity index (χ3n) is 5.09. The van der Waals surface area contributed by atoms with Crippen LogP contribution in [0.5, 0.6) is 0 Å². The first-order valence-electron chi connectivity index (χ1n) is 8.94. The second-order valence-electron chi connectivity index (χ2n) is 6.91. The van der Waals surface area contributed by atoms with Gasteiger partial charge in [-0.2, -0.15) is 5.26 Å². The molecule has 0 spiro atoms. The molecule has 2 aromatic carbocycles. The van der Waals surface area contributed by atoms with Crippen LogP contribution in [-0.4, -0.2) is 29.1 Å². The van der Waals surface area contributed by atoms with Crippen LogP contribution in [0.3, 0.4) is 0 Å². The SMILES string of the molecule is N#Cc1ccc(-c2cc(N3C[C@H](c4cc(F)c(F)cc4F)[C@@H](N)C3)ncn2)cc1. The summed E-state index contributed by atoms with van der Waals surface area (Å²) in [6.07, 6.45) is 1.42. The van der Waals surface area contributed by atoms with Crippen molar-refractivity contribution in [2.45, 2.75) is 12.0 Å². The van der Waals surface area contributed by atoms with Crippen LogP contribution in [0.25, 0.3) is 11.3 Å². The van der Waals surface area contributed by atoms with E-state index in [1.807, 2.05) is 4.90 Å². The van der Waals surface area contributed by atoms with Crippen molar-refractivity contribution in [3.63, 3.8) is 0 Å². The Morgan fingerprint density at radius 3 is 2.41 bits per heavy atom. The van der Waals surface area contributed by atoms with Gasteiger partial charge >= 0.3 is 0 Å². The first kappa shape index (κ1) is 18.9. The molecule has 2 N–H and O–H groups in total. The van der Waals surface area contributed by atoms with Gasteiger partial charge in [0.2, 0.25) is 0 Å². The zero-order chi connectivity index (χ0) is 20.5. The molecule has 1 aromatic heterocycles. The Hall–Kier alpha value is -3.44. The molecule has 5 nitrogen and oxygen atoms in total. The third-order valence-corrected chi connectivity index (χ3v) is 5.09. The van der Waals surface area contributed by atoms with Gasteiger partial charge in [0.25, 0.3) is 0 Å². The molecule has 4 rings (SSSR count). The highest BCUT2D eigenvalue weighted by molar-refractivity contribution is 5.63. The van der Waals surface area contributed by atoms with Crippen LogP contribution in [0.1, 0.15) is 17.0 Å². The highest BCUT2D eigenvalue weighted by atomic mass is 19.2. The minimum Gasteiger partial charge on any atom is -0.354 e. The van der Waals surface area contributed by atoms with Crippen LogP contribution >= 0.6 is 0 Å². The molecule has 0 bridgehead atoms. The summed E-state index contributed by atoms with van der Waals surface area (Å²) >= 11 is 0. The van der Waals surface area contributed by atoms with Crippen molar-refractivity contribution in [1.29, 1.82) is 5.26 Å². The van der Waals surface area contributed by atoms with E-state index in [0.29, 0.717) is 36.2 Å². The van der Waals surface area contributed by atoms with Crippen LogP contribution in [0.4, 0.5) is 19.0 Å². The van der Waals surface area contributed by atoms with Gasteiger partial charge in [-0.3, -0.25) is 0 Å². The Balaban J connectivity index is 1.60. The average Bonchev–Trinajstić information content (AvgIpc) is 3.12. The fraction of sp³-hybridized carbons (Fsp3) is 0.190.